The number of ether oxygens (including phenoxy) is 2. The standard InChI is InChI=1S/C12H13BrN2O5/c1-19-9-3-2-7(4-8(9)13)12(18)20-6-11(17)15-5-10(14)16/h2-4H,5-6H2,1H3,(H2,14,16)(H,15,17). The van der Waals surface area contributed by atoms with Crippen molar-refractivity contribution >= 4 is 33.7 Å². The van der Waals surface area contributed by atoms with Crippen LogP contribution in [0.5, 0.6) is 5.75 Å². The lowest BCUT2D eigenvalue weighted by Crippen LogP contribution is -2.35. The highest BCUT2D eigenvalue weighted by atomic mass is 79.9. The summed E-state index contributed by atoms with van der Waals surface area (Å²) in [4.78, 5) is 33.4. The van der Waals surface area contributed by atoms with E-state index in [1.807, 2.05) is 0 Å². The van der Waals surface area contributed by atoms with E-state index in [9.17, 15) is 14.4 Å². The van der Waals surface area contributed by atoms with Gasteiger partial charge in [-0.15, -0.1) is 0 Å². The number of amides is 2. The average molecular weight is 345 g/mol. The number of carbonyl (C=O) groups is 3. The van der Waals surface area contributed by atoms with E-state index in [1.54, 1.807) is 6.07 Å². The molecule has 0 spiro atoms. The van der Waals surface area contributed by atoms with E-state index in [4.69, 9.17) is 15.2 Å². The first-order valence-electron chi connectivity index (χ1n) is 5.49. The zero-order valence-electron chi connectivity index (χ0n) is 10.6. The molecule has 1 aromatic rings. The second kappa shape index (κ2) is 7.49. The molecule has 8 heteroatoms. The van der Waals surface area contributed by atoms with Gasteiger partial charge in [-0.25, -0.2) is 4.79 Å². The lowest BCUT2D eigenvalue weighted by Gasteiger charge is -2.07. The molecule has 0 unspecified atom stereocenters. The summed E-state index contributed by atoms with van der Waals surface area (Å²) in [6, 6.07) is 4.61. The Morgan fingerprint density at radius 2 is 2.05 bits per heavy atom. The van der Waals surface area contributed by atoms with Gasteiger partial charge in [-0.05, 0) is 34.1 Å². The molecule has 7 nitrogen and oxygen atoms in total. The van der Waals surface area contributed by atoms with Crippen molar-refractivity contribution in [3.8, 4) is 5.75 Å². The van der Waals surface area contributed by atoms with Gasteiger partial charge in [0, 0.05) is 0 Å². The van der Waals surface area contributed by atoms with E-state index in [2.05, 4.69) is 21.2 Å². The molecule has 0 heterocycles. The molecule has 0 saturated heterocycles. The number of rotatable bonds is 6. The van der Waals surface area contributed by atoms with Crippen LogP contribution in [-0.2, 0) is 14.3 Å². The predicted molar refractivity (Wildman–Crippen MR) is 73.2 cm³/mol. The number of methoxy groups -OCH3 is 1. The van der Waals surface area contributed by atoms with Crippen LogP contribution < -0.4 is 15.8 Å². The number of hydrogen-bond donors (Lipinski definition) is 2. The van der Waals surface area contributed by atoms with Gasteiger partial charge in [0.1, 0.15) is 5.75 Å². The lowest BCUT2D eigenvalue weighted by atomic mass is 10.2. The summed E-state index contributed by atoms with van der Waals surface area (Å²) in [5, 5.41) is 2.20. The number of benzene rings is 1. The topological polar surface area (TPSA) is 108 Å². The van der Waals surface area contributed by atoms with E-state index in [1.165, 1.54) is 19.2 Å². The van der Waals surface area contributed by atoms with Gasteiger partial charge in [-0.2, -0.15) is 0 Å². The first-order valence-corrected chi connectivity index (χ1v) is 6.29. The highest BCUT2D eigenvalue weighted by Gasteiger charge is 2.12. The fraction of sp³-hybridized carbons (Fsp3) is 0.250. The largest absolute Gasteiger partial charge is 0.496 e. The van der Waals surface area contributed by atoms with Crippen LogP contribution in [0, 0.1) is 0 Å². The van der Waals surface area contributed by atoms with E-state index in [0.29, 0.717) is 10.2 Å². The van der Waals surface area contributed by atoms with Crippen molar-refractivity contribution in [2.45, 2.75) is 0 Å². The SMILES string of the molecule is COc1ccc(C(=O)OCC(=O)NCC(N)=O)cc1Br. The molecular weight excluding hydrogens is 332 g/mol. The smallest absolute Gasteiger partial charge is 0.338 e. The number of nitrogens with one attached hydrogen (secondary N) is 1. The summed E-state index contributed by atoms with van der Waals surface area (Å²) in [5.41, 5.74) is 5.12. The van der Waals surface area contributed by atoms with Crippen molar-refractivity contribution in [1.29, 1.82) is 0 Å². The molecule has 0 atom stereocenters. The second-order valence-electron chi connectivity index (χ2n) is 3.67. The highest BCUT2D eigenvalue weighted by molar-refractivity contribution is 9.10. The maximum Gasteiger partial charge on any atom is 0.338 e. The molecule has 3 N–H and O–H groups in total. The summed E-state index contributed by atoms with van der Waals surface area (Å²) in [7, 11) is 1.50. The van der Waals surface area contributed by atoms with Crippen molar-refractivity contribution in [2.75, 3.05) is 20.3 Å². The van der Waals surface area contributed by atoms with Crippen LogP contribution in [0.4, 0.5) is 0 Å². The Labute approximate surface area is 123 Å². The fourth-order valence-corrected chi connectivity index (χ4v) is 1.79. The zero-order chi connectivity index (χ0) is 15.1. The third-order valence-corrected chi connectivity index (χ3v) is 2.80. The third-order valence-electron chi connectivity index (χ3n) is 2.18. The number of hydrogen-bond acceptors (Lipinski definition) is 5. The Morgan fingerprint density at radius 3 is 2.60 bits per heavy atom. The minimum absolute atomic E-state index is 0.264. The first-order chi connectivity index (χ1) is 9.43. The number of halogens is 1. The molecule has 1 aromatic carbocycles. The van der Waals surface area contributed by atoms with Crippen LogP contribution in [-0.4, -0.2) is 38.0 Å². The molecule has 0 saturated carbocycles. The van der Waals surface area contributed by atoms with Gasteiger partial charge in [-0.3, -0.25) is 9.59 Å². The van der Waals surface area contributed by atoms with Gasteiger partial charge < -0.3 is 20.5 Å². The quantitative estimate of drug-likeness (QED) is 0.717. The van der Waals surface area contributed by atoms with Gasteiger partial charge in [-0.1, -0.05) is 0 Å². The second-order valence-corrected chi connectivity index (χ2v) is 4.52. The average Bonchev–Trinajstić information content (AvgIpc) is 2.42. The Bertz CT molecular complexity index is 533. The summed E-state index contributed by atoms with van der Waals surface area (Å²) in [5.74, 6) is -1.38. The van der Waals surface area contributed by atoms with Crippen LogP contribution in [0.3, 0.4) is 0 Å². The third kappa shape index (κ3) is 4.88. The lowest BCUT2D eigenvalue weighted by molar-refractivity contribution is -0.127. The number of esters is 1. The normalized spacial score (nSPS) is 9.70. The maximum atomic E-state index is 11.7. The summed E-state index contributed by atoms with van der Waals surface area (Å²) in [6.07, 6.45) is 0. The molecular formula is C12H13BrN2O5. The fourth-order valence-electron chi connectivity index (χ4n) is 1.24. The number of primary amides is 1. The number of carbonyl (C=O) groups excluding carboxylic acids is 3. The van der Waals surface area contributed by atoms with Crippen LogP contribution >= 0.6 is 15.9 Å². The minimum atomic E-state index is -0.677. The van der Waals surface area contributed by atoms with Crippen LogP contribution in [0.1, 0.15) is 10.4 Å². The van der Waals surface area contributed by atoms with Crippen LogP contribution in [0.2, 0.25) is 0 Å². The van der Waals surface area contributed by atoms with E-state index in [-0.39, 0.29) is 12.1 Å². The predicted octanol–water partition coefficient (Wildman–Crippen LogP) is 0.216. The summed E-state index contributed by atoms with van der Waals surface area (Å²) in [6.45, 7) is -0.791. The van der Waals surface area contributed by atoms with Gasteiger partial charge in [0.2, 0.25) is 5.91 Å². The Hall–Kier alpha value is -2.09. The van der Waals surface area contributed by atoms with Crippen molar-refractivity contribution < 1.29 is 23.9 Å². The van der Waals surface area contributed by atoms with Gasteiger partial charge in [0.25, 0.3) is 5.91 Å². The summed E-state index contributed by atoms with van der Waals surface area (Å²) >= 11 is 3.23. The molecule has 0 aliphatic carbocycles. The highest BCUT2D eigenvalue weighted by Crippen LogP contribution is 2.25. The molecule has 0 radical (unpaired) electrons. The molecule has 0 aliphatic rings. The molecule has 1 rings (SSSR count). The summed E-state index contributed by atoms with van der Waals surface area (Å²) < 4.78 is 10.4. The van der Waals surface area contributed by atoms with Gasteiger partial charge in [0.15, 0.2) is 6.61 Å². The molecule has 0 aromatic heterocycles. The van der Waals surface area contributed by atoms with Crippen molar-refractivity contribution in [3.63, 3.8) is 0 Å². The molecule has 0 fully saturated rings. The monoisotopic (exact) mass is 344 g/mol. The van der Waals surface area contributed by atoms with E-state index < -0.39 is 24.4 Å². The maximum absolute atomic E-state index is 11.7. The van der Waals surface area contributed by atoms with Crippen molar-refractivity contribution in [1.82, 2.24) is 5.32 Å². The Morgan fingerprint density at radius 1 is 1.35 bits per heavy atom. The van der Waals surface area contributed by atoms with Crippen LogP contribution in [0.15, 0.2) is 22.7 Å². The molecule has 0 aliphatic heterocycles. The van der Waals surface area contributed by atoms with Crippen molar-refractivity contribution in [2.24, 2.45) is 5.73 Å². The van der Waals surface area contributed by atoms with E-state index >= 15 is 0 Å². The molecule has 0 bridgehead atoms. The van der Waals surface area contributed by atoms with Gasteiger partial charge in [0.05, 0.1) is 23.7 Å². The first kappa shape index (κ1) is 16.0. The Kier molecular flexibility index (Phi) is 5.98. The zero-order valence-corrected chi connectivity index (χ0v) is 12.2. The molecule has 2 amide bonds. The van der Waals surface area contributed by atoms with Crippen LogP contribution in [0.25, 0.3) is 0 Å². The number of nitrogens with two attached hydrogens (primary N) is 1. The Balaban J connectivity index is 2.52. The van der Waals surface area contributed by atoms with E-state index in [0.717, 1.165) is 0 Å². The minimum Gasteiger partial charge on any atom is -0.496 e. The van der Waals surface area contributed by atoms with Crippen molar-refractivity contribution in [3.05, 3.63) is 28.2 Å². The van der Waals surface area contributed by atoms with Gasteiger partial charge >= 0.3 is 5.97 Å². The molecule has 108 valence electrons. The molecule has 20 heavy (non-hydrogen) atoms.